The summed E-state index contributed by atoms with van der Waals surface area (Å²) in [6.45, 7) is 6.53. The maximum atomic E-state index is 5.99. The zero-order chi connectivity index (χ0) is 10.9. The second kappa shape index (κ2) is 3.66. The van der Waals surface area contributed by atoms with Crippen molar-refractivity contribution in [1.82, 2.24) is 4.98 Å². The maximum absolute atomic E-state index is 5.99. The van der Waals surface area contributed by atoms with Crippen molar-refractivity contribution in [2.75, 3.05) is 0 Å². The summed E-state index contributed by atoms with van der Waals surface area (Å²) in [5, 5.41) is 1.13. The number of fused-ring (bicyclic) bond motifs is 1. The molecule has 1 heterocycles. The molecular weight excluding hydrogens is 202 g/mol. The zero-order valence-corrected chi connectivity index (χ0v) is 10.3. The molecule has 0 aliphatic heterocycles. The summed E-state index contributed by atoms with van der Waals surface area (Å²) in [5.74, 6) is 0.910. The van der Waals surface area contributed by atoms with E-state index in [0.717, 1.165) is 16.7 Å². The van der Waals surface area contributed by atoms with Gasteiger partial charge in [-0.05, 0) is 31.8 Å². The molecule has 1 aromatic heterocycles. The molecule has 3 heteroatoms. The van der Waals surface area contributed by atoms with Crippen LogP contribution in [0.2, 0.25) is 19.6 Å². The van der Waals surface area contributed by atoms with Gasteiger partial charge in [0.2, 0.25) is 8.32 Å². The predicted octanol–water partition coefficient (Wildman–Crippen LogP) is 3.45. The molecule has 2 aromatic rings. The Hall–Kier alpha value is -1.35. The van der Waals surface area contributed by atoms with Gasteiger partial charge < -0.3 is 4.43 Å². The summed E-state index contributed by atoms with van der Waals surface area (Å²) in [6.07, 6.45) is 1.80. The van der Waals surface area contributed by atoms with Crippen LogP contribution in [-0.4, -0.2) is 13.3 Å². The third-order valence-electron chi connectivity index (χ3n) is 2.01. The lowest BCUT2D eigenvalue weighted by Gasteiger charge is -2.19. The Morgan fingerprint density at radius 3 is 2.53 bits per heavy atom. The first kappa shape index (κ1) is 10.2. The Balaban J connectivity index is 2.52. The standard InChI is InChI=1S/C12H15NOSi/c1-15(2,3)14-11-8-4-6-10-7-5-9-13-12(10)11/h4-9H,1-3H3. The molecule has 0 atom stereocenters. The molecule has 0 aliphatic rings. The van der Waals surface area contributed by atoms with Crippen LogP contribution in [0.25, 0.3) is 10.9 Å². The molecule has 2 rings (SSSR count). The highest BCUT2D eigenvalue weighted by Gasteiger charge is 2.17. The quantitative estimate of drug-likeness (QED) is 0.719. The third-order valence-corrected chi connectivity index (χ3v) is 2.84. The van der Waals surface area contributed by atoms with Gasteiger partial charge in [-0.1, -0.05) is 18.2 Å². The molecule has 15 heavy (non-hydrogen) atoms. The van der Waals surface area contributed by atoms with Crippen LogP contribution in [0.5, 0.6) is 5.75 Å². The molecule has 1 aromatic carbocycles. The lowest BCUT2D eigenvalue weighted by molar-refractivity contribution is 0.563. The number of nitrogens with zero attached hydrogens (tertiary/aromatic N) is 1. The molecule has 78 valence electrons. The van der Waals surface area contributed by atoms with E-state index in [2.05, 4.69) is 36.8 Å². The number of benzene rings is 1. The summed E-state index contributed by atoms with van der Waals surface area (Å²) in [7, 11) is -1.56. The van der Waals surface area contributed by atoms with Crippen molar-refractivity contribution in [2.24, 2.45) is 0 Å². The van der Waals surface area contributed by atoms with Crippen molar-refractivity contribution in [2.45, 2.75) is 19.6 Å². The van der Waals surface area contributed by atoms with Gasteiger partial charge in [-0.3, -0.25) is 4.98 Å². The summed E-state index contributed by atoms with van der Waals surface area (Å²) >= 11 is 0. The highest BCUT2D eigenvalue weighted by atomic mass is 28.4. The number of pyridine rings is 1. The third kappa shape index (κ3) is 2.36. The van der Waals surface area contributed by atoms with Crippen LogP contribution in [0.15, 0.2) is 36.5 Å². The van der Waals surface area contributed by atoms with E-state index in [1.165, 1.54) is 0 Å². The van der Waals surface area contributed by atoms with E-state index < -0.39 is 8.32 Å². The summed E-state index contributed by atoms with van der Waals surface area (Å²) in [6, 6.07) is 10.1. The Morgan fingerprint density at radius 2 is 1.80 bits per heavy atom. The molecule has 0 aliphatic carbocycles. The monoisotopic (exact) mass is 217 g/mol. The summed E-state index contributed by atoms with van der Waals surface area (Å²) in [5.41, 5.74) is 0.961. The molecule has 0 unspecified atom stereocenters. The second-order valence-corrected chi connectivity index (χ2v) is 8.97. The van der Waals surface area contributed by atoms with E-state index in [1.807, 2.05) is 18.2 Å². The van der Waals surface area contributed by atoms with E-state index in [4.69, 9.17) is 4.43 Å². The van der Waals surface area contributed by atoms with Crippen molar-refractivity contribution in [3.05, 3.63) is 36.5 Å². The van der Waals surface area contributed by atoms with Crippen molar-refractivity contribution in [3.8, 4) is 5.75 Å². The normalized spacial score (nSPS) is 11.7. The number of para-hydroxylation sites is 1. The van der Waals surface area contributed by atoms with Gasteiger partial charge in [0.05, 0.1) is 0 Å². The first-order chi connectivity index (χ1) is 7.06. The van der Waals surface area contributed by atoms with Crippen molar-refractivity contribution in [1.29, 1.82) is 0 Å². The Kier molecular flexibility index (Phi) is 2.48. The van der Waals surface area contributed by atoms with Gasteiger partial charge >= 0.3 is 0 Å². The van der Waals surface area contributed by atoms with Crippen LogP contribution in [0.4, 0.5) is 0 Å². The molecule has 0 saturated heterocycles. The second-order valence-electron chi connectivity index (χ2n) is 4.55. The van der Waals surface area contributed by atoms with E-state index in [-0.39, 0.29) is 0 Å². The van der Waals surface area contributed by atoms with Crippen LogP contribution >= 0.6 is 0 Å². The van der Waals surface area contributed by atoms with Crippen LogP contribution in [-0.2, 0) is 0 Å². The van der Waals surface area contributed by atoms with Gasteiger partial charge in [-0.2, -0.15) is 0 Å². The minimum Gasteiger partial charge on any atom is -0.543 e. The molecule has 0 saturated carbocycles. The Morgan fingerprint density at radius 1 is 1.07 bits per heavy atom. The predicted molar refractivity (Wildman–Crippen MR) is 65.7 cm³/mol. The van der Waals surface area contributed by atoms with E-state index in [0.29, 0.717) is 0 Å². The average molecular weight is 217 g/mol. The molecule has 0 fully saturated rings. The lowest BCUT2D eigenvalue weighted by atomic mass is 10.2. The Labute approximate surface area is 91.0 Å². The minimum atomic E-state index is -1.56. The van der Waals surface area contributed by atoms with Crippen molar-refractivity contribution in [3.63, 3.8) is 0 Å². The van der Waals surface area contributed by atoms with Crippen LogP contribution in [0.3, 0.4) is 0 Å². The molecule has 0 radical (unpaired) electrons. The lowest BCUT2D eigenvalue weighted by Crippen LogP contribution is -2.29. The summed E-state index contributed by atoms with van der Waals surface area (Å²) in [4.78, 5) is 4.36. The Bertz CT molecular complexity index is 471. The first-order valence-electron chi connectivity index (χ1n) is 5.09. The molecule has 2 nitrogen and oxygen atoms in total. The largest absolute Gasteiger partial charge is 0.543 e. The van der Waals surface area contributed by atoms with Gasteiger partial charge in [-0.25, -0.2) is 0 Å². The SMILES string of the molecule is C[Si](C)(C)Oc1cccc2cccnc12. The number of hydrogen-bond acceptors (Lipinski definition) is 2. The molecular formula is C12H15NOSi. The fourth-order valence-corrected chi connectivity index (χ4v) is 2.31. The van der Waals surface area contributed by atoms with Crippen LogP contribution < -0.4 is 4.43 Å². The maximum Gasteiger partial charge on any atom is 0.242 e. The smallest absolute Gasteiger partial charge is 0.242 e. The van der Waals surface area contributed by atoms with Gasteiger partial charge in [0, 0.05) is 11.6 Å². The fraction of sp³-hybridized carbons (Fsp3) is 0.250. The molecule has 0 spiro atoms. The highest BCUT2D eigenvalue weighted by molar-refractivity contribution is 6.70. The number of rotatable bonds is 2. The van der Waals surface area contributed by atoms with Crippen molar-refractivity contribution >= 4 is 19.2 Å². The zero-order valence-electron chi connectivity index (χ0n) is 9.32. The van der Waals surface area contributed by atoms with Crippen molar-refractivity contribution < 1.29 is 4.43 Å². The van der Waals surface area contributed by atoms with E-state index in [9.17, 15) is 0 Å². The minimum absolute atomic E-state index is 0.910. The van der Waals surface area contributed by atoms with Crippen LogP contribution in [0, 0.1) is 0 Å². The fourth-order valence-electron chi connectivity index (χ4n) is 1.49. The molecule has 0 N–H and O–H groups in total. The summed E-state index contributed by atoms with van der Waals surface area (Å²) < 4.78 is 5.99. The topological polar surface area (TPSA) is 22.1 Å². The van der Waals surface area contributed by atoms with Gasteiger partial charge in [0.1, 0.15) is 11.3 Å². The number of hydrogen-bond donors (Lipinski definition) is 0. The van der Waals surface area contributed by atoms with Gasteiger partial charge in [0.15, 0.2) is 0 Å². The number of aromatic nitrogens is 1. The van der Waals surface area contributed by atoms with E-state index in [1.54, 1.807) is 6.20 Å². The van der Waals surface area contributed by atoms with Gasteiger partial charge in [-0.15, -0.1) is 0 Å². The van der Waals surface area contributed by atoms with E-state index >= 15 is 0 Å². The van der Waals surface area contributed by atoms with Gasteiger partial charge in [0.25, 0.3) is 0 Å². The molecule has 0 amide bonds. The first-order valence-corrected chi connectivity index (χ1v) is 8.50. The highest BCUT2D eigenvalue weighted by Crippen LogP contribution is 2.25. The average Bonchev–Trinajstić information content (AvgIpc) is 2.16. The van der Waals surface area contributed by atoms with Crippen LogP contribution in [0.1, 0.15) is 0 Å². The molecule has 0 bridgehead atoms.